The third-order valence-electron chi connectivity index (χ3n) is 4.89. The number of ether oxygens (including phenoxy) is 1. The molecule has 0 radical (unpaired) electrons. The zero-order valence-corrected chi connectivity index (χ0v) is 16.8. The Balaban J connectivity index is 1.64. The van der Waals surface area contributed by atoms with E-state index < -0.39 is 0 Å². The number of carbonyl (C=O) groups excluding carboxylic acids is 1. The number of carbonyl (C=O) groups is 1. The Kier molecular flexibility index (Phi) is 5.26. The Bertz CT molecular complexity index is 1110. The van der Waals surface area contributed by atoms with Crippen molar-refractivity contribution in [1.82, 2.24) is 9.55 Å². The number of methoxy groups -OCH3 is 1. The van der Waals surface area contributed by atoms with Crippen LogP contribution in [-0.2, 0) is 17.7 Å². The molecule has 0 unspecified atom stereocenters. The first-order valence-electron chi connectivity index (χ1n) is 9.39. The van der Waals surface area contributed by atoms with Crippen molar-refractivity contribution in [3.05, 3.63) is 76.2 Å². The number of imidazole rings is 1. The molecule has 0 aliphatic heterocycles. The lowest BCUT2D eigenvalue weighted by molar-refractivity contribution is 0.0601. The van der Waals surface area contributed by atoms with Gasteiger partial charge in [-0.05, 0) is 29.2 Å². The van der Waals surface area contributed by atoms with Crippen LogP contribution in [0.25, 0.3) is 22.2 Å². The highest BCUT2D eigenvalue weighted by Crippen LogP contribution is 2.26. The van der Waals surface area contributed by atoms with Crippen LogP contribution in [0.5, 0.6) is 0 Å². The van der Waals surface area contributed by atoms with Gasteiger partial charge in [0, 0.05) is 23.7 Å². The van der Waals surface area contributed by atoms with Gasteiger partial charge in [0.05, 0.1) is 23.7 Å². The van der Waals surface area contributed by atoms with Crippen LogP contribution in [0.1, 0.15) is 35.1 Å². The molecule has 28 heavy (non-hydrogen) atoms. The normalized spacial score (nSPS) is 11.1. The standard InChI is InChI=1S/C23H22N2O2S/c1-3-6-22-24-20-14-28-15-21(20)25(22)13-16-9-11-17(12-10-16)18-7-4-5-8-19(18)23(26)27-2/h4-5,7-12,14-15H,3,6,13H2,1-2H3. The van der Waals surface area contributed by atoms with E-state index in [2.05, 4.69) is 46.5 Å². The smallest absolute Gasteiger partial charge is 0.338 e. The molecule has 0 fully saturated rings. The molecule has 0 N–H and O–H groups in total. The number of aryl methyl sites for hydroxylation is 1. The fourth-order valence-corrected chi connectivity index (χ4v) is 4.24. The van der Waals surface area contributed by atoms with Crippen LogP contribution in [0.2, 0.25) is 0 Å². The van der Waals surface area contributed by atoms with Crippen molar-refractivity contribution in [2.24, 2.45) is 0 Å². The van der Waals surface area contributed by atoms with Gasteiger partial charge in [0.1, 0.15) is 5.82 Å². The first-order valence-corrected chi connectivity index (χ1v) is 10.3. The molecule has 2 heterocycles. The number of benzene rings is 2. The lowest BCUT2D eigenvalue weighted by Crippen LogP contribution is -2.05. The minimum absolute atomic E-state index is 0.317. The topological polar surface area (TPSA) is 44.1 Å². The van der Waals surface area contributed by atoms with Gasteiger partial charge in [-0.2, -0.15) is 0 Å². The number of thiophene rings is 1. The fourth-order valence-electron chi connectivity index (χ4n) is 3.49. The largest absolute Gasteiger partial charge is 0.465 e. The summed E-state index contributed by atoms with van der Waals surface area (Å²) < 4.78 is 7.23. The quantitative estimate of drug-likeness (QED) is 0.405. The maximum atomic E-state index is 12.1. The van der Waals surface area contributed by atoms with Gasteiger partial charge >= 0.3 is 5.97 Å². The van der Waals surface area contributed by atoms with Crippen molar-refractivity contribution >= 4 is 28.3 Å². The number of rotatable bonds is 6. The maximum absolute atomic E-state index is 12.1. The lowest BCUT2D eigenvalue weighted by Gasteiger charge is -2.11. The third kappa shape index (κ3) is 3.45. The van der Waals surface area contributed by atoms with E-state index in [-0.39, 0.29) is 5.97 Å². The predicted molar refractivity (Wildman–Crippen MR) is 114 cm³/mol. The molecule has 2 aromatic heterocycles. The lowest BCUT2D eigenvalue weighted by atomic mass is 9.98. The number of esters is 1. The van der Waals surface area contributed by atoms with Crippen LogP contribution >= 0.6 is 11.3 Å². The third-order valence-corrected chi connectivity index (χ3v) is 5.60. The number of aromatic nitrogens is 2. The molecular formula is C23H22N2O2S. The number of hydrogen-bond donors (Lipinski definition) is 0. The zero-order chi connectivity index (χ0) is 19.5. The molecule has 4 aromatic rings. The van der Waals surface area contributed by atoms with Gasteiger partial charge in [-0.15, -0.1) is 11.3 Å². The molecule has 0 aliphatic carbocycles. The summed E-state index contributed by atoms with van der Waals surface area (Å²) in [5.74, 6) is 0.822. The molecule has 0 atom stereocenters. The monoisotopic (exact) mass is 390 g/mol. The predicted octanol–water partition coefficient (Wildman–Crippen LogP) is 5.55. The molecule has 142 valence electrons. The Morgan fingerprint density at radius 2 is 1.89 bits per heavy atom. The van der Waals surface area contributed by atoms with Crippen molar-refractivity contribution in [1.29, 1.82) is 0 Å². The van der Waals surface area contributed by atoms with Gasteiger partial charge < -0.3 is 9.30 Å². The van der Waals surface area contributed by atoms with Gasteiger partial charge in [-0.25, -0.2) is 9.78 Å². The average molecular weight is 391 g/mol. The first-order chi connectivity index (χ1) is 13.7. The summed E-state index contributed by atoms with van der Waals surface area (Å²) in [5.41, 5.74) is 5.96. The second-order valence-electron chi connectivity index (χ2n) is 6.74. The molecule has 0 bridgehead atoms. The SMILES string of the molecule is CCCc1nc2cscc2n1Cc1ccc(-c2ccccc2C(=O)OC)cc1. The van der Waals surface area contributed by atoms with Crippen LogP contribution in [0, 0.1) is 0 Å². The van der Waals surface area contributed by atoms with Crippen LogP contribution in [0.4, 0.5) is 0 Å². The van der Waals surface area contributed by atoms with Crippen molar-refractivity contribution in [3.63, 3.8) is 0 Å². The van der Waals surface area contributed by atoms with Crippen molar-refractivity contribution in [3.8, 4) is 11.1 Å². The average Bonchev–Trinajstić information content (AvgIpc) is 3.31. The fraction of sp³-hybridized carbons (Fsp3) is 0.217. The molecule has 0 aliphatic rings. The summed E-state index contributed by atoms with van der Waals surface area (Å²) >= 11 is 1.69. The zero-order valence-electron chi connectivity index (χ0n) is 16.0. The van der Waals surface area contributed by atoms with E-state index in [0.29, 0.717) is 5.56 Å². The second kappa shape index (κ2) is 7.98. The van der Waals surface area contributed by atoms with E-state index in [1.165, 1.54) is 18.2 Å². The van der Waals surface area contributed by atoms with Gasteiger partial charge in [-0.1, -0.05) is 49.4 Å². The number of nitrogens with zero attached hydrogens (tertiary/aromatic N) is 2. The summed E-state index contributed by atoms with van der Waals surface area (Å²) in [4.78, 5) is 16.8. The van der Waals surface area contributed by atoms with Crippen LogP contribution in [0.15, 0.2) is 59.3 Å². The van der Waals surface area contributed by atoms with Crippen molar-refractivity contribution in [2.45, 2.75) is 26.3 Å². The summed E-state index contributed by atoms with van der Waals surface area (Å²) in [6.45, 7) is 2.97. The van der Waals surface area contributed by atoms with E-state index in [0.717, 1.165) is 41.9 Å². The van der Waals surface area contributed by atoms with E-state index in [1.54, 1.807) is 17.4 Å². The van der Waals surface area contributed by atoms with Gasteiger partial charge in [0.25, 0.3) is 0 Å². The molecular weight excluding hydrogens is 368 g/mol. The van der Waals surface area contributed by atoms with Gasteiger partial charge in [-0.3, -0.25) is 0 Å². The highest BCUT2D eigenvalue weighted by Gasteiger charge is 2.14. The summed E-state index contributed by atoms with van der Waals surface area (Å²) in [5, 5.41) is 4.28. The summed E-state index contributed by atoms with van der Waals surface area (Å²) in [6, 6.07) is 15.9. The van der Waals surface area contributed by atoms with Crippen LogP contribution in [0.3, 0.4) is 0 Å². The molecule has 0 saturated heterocycles. The second-order valence-corrected chi connectivity index (χ2v) is 7.48. The number of hydrogen-bond acceptors (Lipinski definition) is 4. The molecule has 5 heteroatoms. The van der Waals surface area contributed by atoms with Crippen molar-refractivity contribution < 1.29 is 9.53 Å². The first kappa shape index (κ1) is 18.4. The minimum atomic E-state index is -0.317. The maximum Gasteiger partial charge on any atom is 0.338 e. The van der Waals surface area contributed by atoms with Crippen molar-refractivity contribution in [2.75, 3.05) is 7.11 Å². The van der Waals surface area contributed by atoms with Crippen LogP contribution in [-0.4, -0.2) is 22.6 Å². The highest BCUT2D eigenvalue weighted by molar-refractivity contribution is 7.09. The molecule has 4 nitrogen and oxygen atoms in total. The Morgan fingerprint density at radius 1 is 1.11 bits per heavy atom. The molecule has 0 spiro atoms. The van der Waals surface area contributed by atoms with E-state index in [4.69, 9.17) is 9.72 Å². The summed E-state index contributed by atoms with van der Waals surface area (Å²) in [7, 11) is 1.41. The Hall–Kier alpha value is -2.92. The Morgan fingerprint density at radius 3 is 2.64 bits per heavy atom. The molecule has 4 rings (SSSR count). The Labute approximate surface area is 168 Å². The molecule has 0 amide bonds. The molecule has 0 saturated carbocycles. The van der Waals surface area contributed by atoms with Gasteiger partial charge in [0.2, 0.25) is 0 Å². The molecule has 2 aromatic carbocycles. The van der Waals surface area contributed by atoms with E-state index in [9.17, 15) is 4.79 Å². The minimum Gasteiger partial charge on any atom is -0.465 e. The van der Waals surface area contributed by atoms with Gasteiger partial charge in [0.15, 0.2) is 0 Å². The van der Waals surface area contributed by atoms with E-state index >= 15 is 0 Å². The summed E-state index contributed by atoms with van der Waals surface area (Å²) in [6.07, 6.45) is 2.05. The number of fused-ring (bicyclic) bond motifs is 1. The van der Waals surface area contributed by atoms with E-state index in [1.807, 2.05) is 18.2 Å². The highest BCUT2D eigenvalue weighted by atomic mass is 32.1. The van der Waals surface area contributed by atoms with Crippen LogP contribution < -0.4 is 0 Å².